The first-order valence-electron chi connectivity index (χ1n) is 10.3. The van der Waals surface area contributed by atoms with Gasteiger partial charge in [0.15, 0.2) is 16.5 Å². The summed E-state index contributed by atoms with van der Waals surface area (Å²) in [5, 5.41) is 19.3. The van der Waals surface area contributed by atoms with Crippen molar-refractivity contribution in [2.45, 2.75) is 45.7 Å². The van der Waals surface area contributed by atoms with Crippen LogP contribution in [0.3, 0.4) is 0 Å². The van der Waals surface area contributed by atoms with Gasteiger partial charge in [0.2, 0.25) is 5.43 Å². The van der Waals surface area contributed by atoms with E-state index in [0.717, 1.165) is 36.3 Å². The van der Waals surface area contributed by atoms with Gasteiger partial charge in [0.05, 0.1) is 5.56 Å². The van der Waals surface area contributed by atoms with Crippen LogP contribution in [0.15, 0.2) is 29.2 Å². The van der Waals surface area contributed by atoms with E-state index in [1.165, 1.54) is 12.3 Å². The molecule has 0 bridgehead atoms. The van der Waals surface area contributed by atoms with E-state index in [1.807, 2.05) is 13.8 Å². The maximum absolute atomic E-state index is 13.9. The van der Waals surface area contributed by atoms with Gasteiger partial charge in [-0.25, -0.2) is 8.78 Å². The fraction of sp³-hybridized carbons (Fsp3) is 0.364. The molecule has 2 aromatic heterocycles. The Morgan fingerprint density at radius 1 is 1.22 bits per heavy atom. The van der Waals surface area contributed by atoms with Crippen molar-refractivity contribution in [2.75, 3.05) is 6.54 Å². The molecule has 4 rings (SSSR count). The van der Waals surface area contributed by atoms with Gasteiger partial charge in [-0.1, -0.05) is 30.7 Å². The van der Waals surface area contributed by atoms with Crippen LogP contribution in [-0.4, -0.2) is 43.3 Å². The van der Waals surface area contributed by atoms with E-state index in [-0.39, 0.29) is 40.2 Å². The molecular formula is C22H22F2N4O3S. The van der Waals surface area contributed by atoms with Gasteiger partial charge >= 0.3 is 0 Å². The van der Waals surface area contributed by atoms with Crippen molar-refractivity contribution in [1.29, 1.82) is 0 Å². The number of rotatable bonds is 6. The Morgan fingerprint density at radius 2 is 2.00 bits per heavy atom. The number of benzene rings is 1. The van der Waals surface area contributed by atoms with Gasteiger partial charge in [0.25, 0.3) is 5.91 Å². The molecule has 1 amide bonds. The van der Waals surface area contributed by atoms with Crippen LogP contribution in [0.1, 0.15) is 47.7 Å². The molecule has 0 fully saturated rings. The average molecular weight is 461 g/mol. The molecule has 1 N–H and O–H groups in total. The SMILES string of the molecule is CCCC(C)N1CCn2cc(-c3nnc(Cc4ccc(F)cc4F)s3)c(=O)c(O)c2C1=O. The lowest BCUT2D eigenvalue weighted by molar-refractivity contribution is 0.0617. The van der Waals surface area contributed by atoms with E-state index < -0.39 is 22.8 Å². The fourth-order valence-electron chi connectivity index (χ4n) is 3.91. The monoisotopic (exact) mass is 460 g/mol. The summed E-state index contributed by atoms with van der Waals surface area (Å²) in [7, 11) is 0. The van der Waals surface area contributed by atoms with E-state index in [1.54, 1.807) is 9.47 Å². The van der Waals surface area contributed by atoms with Crippen LogP contribution in [0.2, 0.25) is 0 Å². The lowest BCUT2D eigenvalue weighted by Crippen LogP contribution is -2.46. The third-order valence-electron chi connectivity index (χ3n) is 5.59. The van der Waals surface area contributed by atoms with Gasteiger partial charge in [-0.2, -0.15) is 0 Å². The summed E-state index contributed by atoms with van der Waals surface area (Å²) < 4.78 is 28.6. The Bertz CT molecular complexity index is 1240. The summed E-state index contributed by atoms with van der Waals surface area (Å²) in [6.07, 6.45) is 3.35. The summed E-state index contributed by atoms with van der Waals surface area (Å²) in [6.45, 7) is 4.89. The van der Waals surface area contributed by atoms with Crippen LogP contribution < -0.4 is 5.43 Å². The lowest BCUT2D eigenvalue weighted by Gasteiger charge is -2.34. The molecule has 0 spiro atoms. The third kappa shape index (κ3) is 4.02. The maximum Gasteiger partial charge on any atom is 0.274 e. The smallest absolute Gasteiger partial charge is 0.274 e. The maximum atomic E-state index is 13.9. The van der Waals surface area contributed by atoms with Crippen molar-refractivity contribution in [2.24, 2.45) is 0 Å². The molecule has 10 heteroatoms. The third-order valence-corrected chi connectivity index (χ3v) is 6.55. The highest BCUT2D eigenvalue weighted by Gasteiger charge is 2.32. The predicted octanol–water partition coefficient (Wildman–Crippen LogP) is 3.59. The number of amides is 1. The molecule has 3 heterocycles. The van der Waals surface area contributed by atoms with Gasteiger partial charge in [-0.05, 0) is 25.0 Å². The van der Waals surface area contributed by atoms with Crippen LogP contribution >= 0.6 is 11.3 Å². The summed E-state index contributed by atoms with van der Waals surface area (Å²) in [6, 6.07) is 3.30. The summed E-state index contributed by atoms with van der Waals surface area (Å²) in [4.78, 5) is 27.5. The van der Waals surface area contributed by atoms with Gasteiger partial charge < -0.3 is 14.6 Å². The molecule has 1 aliphatic rings. The number of aromatic nitrogens is 3. The predicted molar refractivity (Wildman–Crippen MR) is 116 cm³/mol. The number of hydrogen-bond acceptors (Lipinski definition) is 6. The Labute approximate surface area is 187 Å². The van der Waals surface area contributed by atoms with Crippen LogP contribution in [-0.2, 0) is 13.0 Å². The summed E-state index contributed by atoms with van der Waals surface area (Å²) in [5.41, 5.74) is -0.347. The van der Waals surface area contributed by atoms with Crippen LogP contribution in [0.4, 0.5) is 8.78 Å². The van der Waals surface area contributed by atoms with Crippen LogP contribution in [0.25, 0.3) is 10.6 Å². The molecule has 0 radical (unpaired) electrons. The molecule has 0 aliphatic carbocycles. The Balaban J connectivity index is 1.65. The zero-order chi connectivity index (χ0) is 23.0. The van der Waals surface area contributed by atoms with E-state index in [0.29, 0.717) is 18.1 Å². The highest BCUT2D eigenvalue weighted by atomic mass is 32.1. The van der Waals surface area contributed by atoms with Crippen molar-refractivity contribution >= 4 is 17.2 Å². The fourth-order valence-corrected chi connectivity index (χ4v) is 4.78. The minimum Gasteiger partial charge on any atom is -0.503 e. The van der Waals surface area contributed by atoms with Gasteiger partial charge in [0, 0.05) is 37.8 Å². The minimum absolute atomic E-state index is 0.00741. The number of hydrogen-bond donors (Lipinski definition) is 1. The lowest BCUT2D eigenvalue weighted by atomic mass is 10.1. The quantitative estimate of drug-likeness (QED) is 0.608. The summed E-state index contributed by atoms with van der Waals surface area (Å²) >= 11 is 1.08. The molecule has 1 aromatic carbocycles. The molecule has 1 unspecified atom stereocenters. The van der Waals surface area contributed by atoms with Crippen molar-refractivity contribution in [1.82, 2.24) is 19.7 Å². The molecule has 168 valence electrons. The second-order valence-corrected chi connectivity index (χ2v) is 8.87. The number of pyridine rings is 1. The molecule has 0 saturated heterocycles. The van der Waals surface area contributed by atoms with Gasteiger partial charge in [-0.15, -0.1) is 10.2 Å². The van der Waals surface area contributed by atoms with E-state index >= 15 is 0 Å². The second-order valence-electron chi connectivity index (χ2n) is 7.81. The molecule has 32 heavy (non-hydrogen) atoms. The summed E-state index contributed by atoms with van der Waals surface area (Å²) in [5.74, 6) is -2.34. The highest BCUT2D eigenvalue weighted by Crippen LogP contribution is 2.28. The minimum atomic E-state index is -0.703. The number of aromatic hydroxyl groups is 1. The average Bonchev–Trinajstić information content (AvgIpc) is 3.21. The zero-order valence-corrected chi connectivity index (χ0v) is 18.5. The Morgan fingerprint density at radius 3 is 2.72 bits per heavy atom. The first-order chi connectivity index (χ1) is 15.3. The number of carbonyl (C=O) groups is 1. The van der Waals surface area contributed by atoms with Crippen molar-refractivity contribution in [3.8, 4) is 16.3 Å². The molecule has 0 saturated carbocycles. The van der Waals surface area contributed by atoms with Crippen LogP contribution in [0.5, 0.6) is 5.75 Å². The highest BCUT2D eigenvalue weighted by molar-refractivity contribution is 7.14. The number of carbonyl (C=O) groups excluding carboxylic acids is 1. The zero-order valence-electron chi connectivity index (χ0n) is 17.6. The first kappa shape index (κ1) is 22.1. The molecule has 3 aromatic rings. The van der Waals surface area contributed by atoms with Gasteiger partial charge in [-0.3, -0.25) is 9.59 Å². The van der Waals surface area contributed by atoms with Crippen molar-refractivity contribution in [3.63, 3.8) is 0 Å². The number of nitrogens with zero attached hydrogens (tertiary/aromatic N) is 4. The number of fused-ring (bicyclic) bond motifs is 1. The van der Waals surface area contributed by atoms with Crippen molar-refractivity contribution in [3.05, 3.63) is 62.5 Å². The number of halogens is 2. The van der Waals surface area contributed by atoms with E-state index in [9.17, 15) is 23.5 Å². The van der Waals surface area contributed by atoms with Crippen molar-refractivity contribution < 1.29 is 18.7 Å². The Kier molecular flexibility index (Phi) is 6.05. The van der Waals surface area contributed by atoms with E-state index in [2.05, 4.69) is 10.2 Å². The van der Waals surface area contributed by atoms with E-state index in [4.69, 9.17) is 0 Å². The van der Waals surface area contributed by atoms with Crippen LogP contribution in [0, 0.1) is 11.6 Å². The standard InChI is InChI=1S/C22H22F2N4O3S/c1-3-4-12(2)28-8-7-27-11-15(19(29)20(30)18(27)22(28)31)21-26-25-17(32-21)9-13-5-6-14(23)10-16(13)24/h5-6,10-12,30H,3-4,7-9H2,1-2H3. The molecular weight excluding hydrogens is 438 g/mol. The Hall–Kier alpha value is -3.14. The normalized spacial score (nSPS) is 14.5. The van der Waals surface area contributed by atoms with Gasteiger partial charge in [0.1, 0.15) is 16.6 Å². The largest absolute Gasteiger partial charge is 0.503 e. The molecule has 1 atom stereocenters. The first-order valence-corrected chi connectivity index (χ1v) is 11.2. The topological polar surface area (TPSA) is 88.3 Å². The molecule has 1 aliphatic heterocycles. The second kappa shape index (κ2) is 8.78. The molecule has 7 nitrogen and oxygen atoms in total.